The number of carbonyl (C=O) groups excluding carboxylic acids is 1. The lowest BCUT2D eigenvalue weighted by Crippen LogP contribution is -2.37. The second-order valence-corrected chi connectivity index (χ2v) is 8.52. The molecule has 0 atom stereocenters. The Hall–Kier alpha value is -3.88. The lowest BCUT2D eigenvalue weighted by atomic mass is 10.0. The van der Waals surface area contributed by atoms with Crippen molar-refractivity contribution in [2.75, 3.05) is 18.0 Å². The van der Waals surface area contributed by atoms with Crippen molar-refractivity contribution in [1.82, 2.24) is 24.5 Å². The Morgan fingerprint density at radius 3 is 2.74 bits per heavy atom. The monoisotopic (exact) mass is 460 g/mol. The van der Waals surface area contributed by atoms with Crippen LogP contribution in [0.1, 0.15) is 47.8 Å². The molecule has 5 rings (SSSR count). The topological polar surface area (TPSA) is 96.8 Å². The number of imidazole rings is 1. The fraction of sp³-hybridized carbons (Fsp3) is 0.320. The van der Waals surface area contributed by atoms with Crippen LogP contribution in [0.25, 0.3) is 11.2 Å². The molecule has 0 bridgehead atoms. The van der Waals surface area contributed by atoms with Gasteiger partial charge < -0.3 is 4.90 Å². The number of nitrogens with one attached hydrogen (secondary N) is 1. The standard InChI is InChI=1S/C25H25FN6O2/c26-19-7-2-1-5-17(19)6-3-9-22(33)20-15-23(29-16-28-20)31-13-10-18(11-14-31)32-21-8-4-12-27-24(21)30-25(32)34/h1-2,4-5,7-8,12,15-16,18H,3,6,9-11,13-14H2,(H,27,30,34). The number of anilines is 1. The fourth-order valence-corrected chi connectivity index (χ4v) is 4.62. The number of fused-ring (bicyclic) bond motifs is 1. The molecule has 9 heteroatoms. The highest BCUT2D eigenvalue weighted by atomic mass is 19.1. The Morgan fingerprint density at radius 1 is 1.09 bits per heavy atom. The molecule has 34 heavy (non-hydrogen) atoms. The van der Waals surface area contributed by atoms with Crippen molar-refractivity contribution in [2.45, 2.75) is 38.1 Å². The number of aryl methyl sites for hydroxylation is 1. The van der Waals surface area contributed by atoms with E-state index in [1.165, 1.54) is 12.4 Å². The minimum absolute atomic E-state index is 0.0722. The van der Waals surface area contributed by atoms with Crippen LogP contribution in [0.3, 0.4) is 0 Å². The third-order valence-corrected chi connectivity index (χ3v) is 6.39. The number of Topliss-reactive ketones (excluding diaryl/α,β-unsaturated/α-hetero) is 1. The van der Waals surface area contributed by atoms with Gasteiger partial charge in [0.1, 0.15) is 23.7 Å². The molecule has 1 aliphatic heterocycles. The molecular weight excluding hydrogens is 435 g/mol. The summed E-state index contributed by atoms with van der Waals surface area (Å²) in [6, 6.07) is 12.2. The van der Waals surface area contributed by atoms with Gasteiger partial charge in [0.05, 0.1) is 5.52 Å². The number of benzene rings is 1. The molecule has 1 aromatic carbocycles. The molecule has 0 unspecified atom stereocenters. The molecule has 8 nitrogen and oxygen atoms in total. The number of ketones is 1. The third-order valence-electron chi connectivity index (χ3n) is 6.39. The summed E-state index contributed by atoms with van der Waals surface area (Å²) in [7, 11) is 0. The van der Waals surface area contributed by atoms with Gasteiger partial charge in [-0.05, 0) is 49.4 Å². The van der Waals surface area contributed by atoms with Crippen LogP contribution in [0.15, 0.2) is 59.8 Å². The smallest absolute Gasteiger partial charge is 0.327 e. The average Bonchev–Trinajstić information content (AvgIpc) is 3.21. The van der Waals surface area contributed by atoms with E-state index in [0.29, 0.717) is 55.1 Å². The lowest BCUT2D eigenvalue weighted by Gasteiger charge is -2.33. The molecule has 1 N–H and O–H groups in total. The Balaban J connectivity index is 1.21. The van der Waals surface area contributed by atoms with E-state index in [2.05, 4.69) is 24.8 Å². The number of H-pyrrole nitrogens is 1. The van der Waals surface area contributed by atoms with E-state index >= 15 is 0 Å². The van der Waals surface area contributed by atoms with Crippen molar-refractivity contribution >= 4 is 22.8 Å². The highest BCUT2D eigenvalue weighted by Crippen LogP contribution is 2.27. The summed E-state index contributed by atoms with van der Waals surface area (Å²) < 4.78 is 15.6. The summed E-state index contributed by atoms with van der Waals surface area (Å²) in [6.45, 7) is 1.42. The first-order valence-electron chi connectivity index (χ1n) is 11.5. The Morgan fingerprint density at radius 2 is 1.91 bits per heavy atom. The first kappa shape index (κ1) is 21.9. The molecule has 0 radical (unpaired) electrons. The number of hydrogen-bond donors (Lipinski definition) is 1. The zero-order valence-electron chi connectivity index (χ0n) is 18.7. The Kier molecular flexibility index (Phi) is 6.16. The predicted octanol–water partition coefficient (Wildman–Crippen LogP) is 3.70. The fourth-order valence-electron chi connectivity index (χ4n) is 4.62. The quantitative estimate of drug-likeness (QED) is 0.423. The number of piperidine rings is 1. The first-order valence-corrected chi connectivity index (χ1v) is 11.5. The van der Waals surface area contributed by atoms with E-state index in [1.807, 2.05) is 12.1 Å². The van der Waals surface area contributed by atoms with Crippen LogP contribution < -0.4 is 10.6 Å². The van der Waals surface area contributed by atoms with Gasteiger partial charge in [0.25, 0.3) is 0 Å². The van der Waals surface area contributed by atoms with E-state index in [0.717, 1.165) is 18.4 Å². The summed E-state index contributed by atoms with van der Waals surface area (Å²) in [5, 5.41) is 0. The van der Waals surface area contributed by atoms with Gasteiger partial charge in [-0.2, -0.15) is 0 Å². The average molecular weight is 461 g/mol. The van der Waals surface area contributed by atoms with Crippen LogP contribution in [0, 0.1) is 5.82 Å². The molecule has 1 saturated heterocycles. The minimum atomic E-state index is -0.242. The van der Waals surface area contributed by atoms with Gasteiger partial charge in [-0.25, -0.2) is 24.1 Å². The third kappa shape index (κ3) is 4.46. The second-order valence-electron chi connectivity index (χ2n) is 8.52. The molecule has 4 aromatic rings. The number of nitrogens with zero attached hydrogens (tertiary/aromatic N) is 5. The number of halogens is 1. The van der Waals surface area contributed by atoms with Crippen LogP contribution in [-0.4, -0.2) is 43.4 Å². The van der Waals surface area contributed by atoms with Gasteiger partial charge in [-0.3, -0.25) is 14.3 Å². The number of aromatic nitrogens is 5. The minimum Gasteiger partial charge on any atom is -0.356 e. The highest BCUT2D eigenvalue weighted by Gasteiger charge is 2.25. The Bertz CT molecular complexity index is 1370. The van der Waals surface area contributed by atoms with Crippen LogP contribution in [0.5, 0.6) is 0 Å². The largest absolute Gasteiger partial charge is 0.356 e. The van der Waals surface area contributed by atoms with E-state index < -0.39 is 0 Å². The lowest BCUT2D eigenvalue weighted by molar-refractivity contribution is 0.0975. The highest BCUT2D eigenvalue weighted by molar-refractivity contribution is 5.94. The van der Waals surface area contributed by atoms with Gasteiger partial charge in [0.15, 0.2) is 11.4 Å². The molecule has 4 heterocycles. The molecule has 3 aromatic heterocycles. The van der Waals surface area contributed by atoms with Gasteiger partial charge in [0.2, 0.25) is 0 Å². The SMILES string of the molecule is O=C(CCCc1ccccc1F)c1cc(N2CCC(n3c(=O)[nH]c4ncccc43)CC2)ncn1. The molecule has 0 aliphatic carbocycles. The molecule has 1 fully saturated rings. The zero-order valence-corrected chi connectivity index (χ0v) is 18.7. The van der Waals surface area contributed by atoms with Crippen LogP contribution >= 0.6 is 0 Å². The van der Waals surface area contributed by atoms with Gasteiger partial charge >= 0.3 is 5.69 Å². The van der Waals surface area contributed by atoms with Crippen molar-refractivity contribution < 1.29 is 9.18 Å². The van der Waals surface area contributed by atoms with Gasteiger partial charge in [-0.15, -0.1) is 0 Å². The summed E-state index contributed by atoms with van der Waals surface area (Å²) in [4.78, 5) is 42.9. The number of carbonyl (C=O) groups is 1. The maximum atomic E-state index is 13.8. The summed E-state index contributed by atoms with van der Waals surface area (Å²) in [6.07, 6.45) is 5.99. The zero-order chi connectivity index (χ0) is 23.5. The van der Waals surface area contributed by atoms with Crippen LogP contribution in [-0.2, 0) is 6.42 Å². The molecular formula is C25H25FN6O2. The van der Waals surface area contributed by atoms with E-state index in [1.54, 1.807) is 35.0 Å². The van der Waals surface area contributed by atoms with E-state index in [4.69, 9.17) is 0 Å². The van der Waals surface area contributed by atoms with Gasteiger partial charge in [0, 0.05) is 37.8 Å². The van der Waals surface area contributed by atoms with Crippen molar-refractivity contribution in [3.63, 3.8) is 0 Å². The maximum absolute atomic E-state index is 13.8. The van der Waals surface area contributed by atoms with Crippen molar-refractivity contribution in [1.29, 1.82) is 0 Å². The van der Waals surface area contributed by atoms with Crippen LogP contribution in [0.2, 0.25) is 0 Å². The maximum Gasteiger partial charge on any atom is 0.327 e. The normalized spacial score (nSPS) is 14.6. The predicted molar refractivity (Wildman–Crippen MR) is 127 cm³/mol. The molecule has 174 valence electrons. The van der Waals surface area contributed by atoms with Crippen molar-refractivity contribution in [2.24, 2.45) is 0 Å². The molecule has 0 amide bonds. The summed E-state index contributed by atoms with van der Waals surface area (Å²) >= 11 is 0. The molecule has 0 spiro atoms. The Labute approximate surface area is 195 Å². The number of rotatable bonds is 7. The molecule has 0 saturated carbocycles. The number of pyridine rings is 1. The number of aromatic amines is 1. The van der Waals surface area contributed by atoms with Crippen LogP contribution in [0.4, 0.5) is 10.2 Å². The van der Waals surface area contributed by atoms with Gasteiger partial charge in [-0.1, -0.05) is 18.2 Å². The van der Waals surface area contributed by atoms with E-state index in [-0.39, 0.29) is 23.3 Å². The summed E-state index contributed by atoms with van der Waals surface area (Å²) in [5.41, 5.74) is 2.27. The summed E-state index contributed by atoms with van der Waals surface area (Å²) in [5.74, 6) is 0.389. The second kappa shape index (κ2) is 9.54. The molecule has 1 aliphatic rings. The van der Waals surface area contributed by atoms with Crippen molar-refractivity contribution in [3.05, 3.63) is 82.5 Å². The van der Waals surface area contributed by atoms with Crippen molar-refractivity contribution in [3.8, 4) is 0 Å². The first-order chi connectivity index (χ1) is 16.6. The van der Waals surface area contributed by atoms with E-state index in [9.17, 15) is 14.0 Å². The number of hydrogen-bond acceptors (Lipinski definition) is 6.